The number of nitrogens with one attached hydrogen (secondary N) is 1. The highest BCUT2D eigenvalue weighted by atomic mass is 32.2. The number of aryl methyl sites for hydroxylation is 1. The third kappa shape index (κ3) is 6.65. The summed E-state index contributed by atoms with van der Waals surface area (Å²) in [7, 11) is -3.50. The number of amides is 1. The van der Waals surface area contributed by atoms with Gasteiger partial charge in [-0.2, -0.15) is 4.31 Å². The van der Waals surface area contributed by atoms with Crippen LogP contribution in [-0.2, 0) is 26.0 Å². The molecule has 0 bridgehead atoms. The van der Waals surface area contributed by atoms with Crippen molar-refractivity contribution >= 4 is 15.9 Å². The number of carbonyl (C=O) groups excluding carboxylic acids is 1. The Morgan fingerprint density at radius 3 is 2.06 bits per heavy atom. The van der Waals surface area contributed by atoms with Crippen molar-refractivity contribution < 1.29 is 17.9 Å². The molecule has 1 saturated heterocycles. The second-order valence-electron chi connectivity index (χ2n) is 9.27. The Balaban J connectivity index is 1.58. The predicted molar refractivity (Wildman–Crippen MR) is 131 cm³/mol. The number of nitrogens with zero attached hydrogens (tertiary/aromatic N) is 1. The number of rotatable bonds is 9. The molecule has 6 nitrogen and oxygen atoms in total. The van der Waals surface area contributed by atoms with E-state index in [0.29, 0.717) is 45.1 Å². The van der Waals surface area contributed by atoms with Crippen LogP contribution >= 0.6 is 0 Å². The minimum Gasteiger partial charge on any atom is -0.379 e. The average Bonchev–Trinajstić information content (AvgIpc) is 2.82. The van der Waals surface area contributed by atoms with E-state index >= 15 is 0 Å². The van der Waals surface area contributed by atoms with Crippen LogP contribution < -0.4 is 5.32 Å². The van der Waals surface area contributed by atoms with Crippen LogP contribution in [-0.4, -0.2) is 44.9 Å². The third-order valence-electron chi connectivity index (χ3n) is 6.12. The number of hydrogen-bond acceptors (Lipinski definition) is 4. The molecule has 2 aromatic rings. The number of sulfonamides is 1. The molecule has 7 heteroatoms. The van der Waals surface area contributed by atoms with E-state index in [2.05, 4.69) is 57.3 Å². The fraction of sp³-hybridized carbons (Fsp3) is 0.500. The third-order valence-corrected chi connectivity index (χ3v) is 8.03. The Bertz CT molecular complexity index is 1010. The first-order valence-electron chi connectivity index (χ1n) is 11.7. The van der Waals surface area contributed by atoms with Gasteiger partial charge in [-0.15, -0.1) is 0 Å². The van der Waals surface area contributed by atoms with Crippen molar-refractivity contribution in [1.82, 2.24) is 9.62 Å². The van der Waals surface area contributed by atoms with E-state index in [9.17, 15) is 13.2 Å². The monoisotopic (exact) mass is 472 g/mol. The van der Waals surface area contributed by atoms with Gasteiger partial charge in [-0.3, -0.25) is 4.79 Å². The molecule has 1 N–H and O–H groups in total. The standard InChI is InChI=1S/C26H36N2O4S/c1-19(2)22-8-10-23(11-9-22)26(20(3)4)27-25(29)14-7-21-5-12-24(13-6-21)33(30,31)28-15-17-32-18-16-28/h5-6,8-13,19-20,26H,7,14-18H2,1-4H3,(H,27,29). The Kier molecular flexibility index (Phi) is 8.68. The van der Waals surface area contributed by atoms with E-state index < -0.39 is 10.0 Å². The maximum atomic E-state index is 12.7. The summed E-state index contributed by atoms with van der Waals surface area (Å²) in [5, 5.41) is 3.18. The zero-order valence-electron chi connectivity index (χ0n) is 20.1. The van der Waals surface area contributed by atoms with Crippen LogP contribution in [0.5, 0.6) is 0 Å². The van der Waals surface area contributed by atoms with E-state index in [1.807, 2.05) is 0 Å². The van der Waals surface area contributed by atoms with Gasteiger partial charge in [-0.25, -0.2) is 8.42 Å². The number of hydrogen-bond donors (Lipinski definition) is 1. The number of carbonyl (C=O) groups is 1. The highest BCUT2D eigenvalue weighted by molar-refractivity contribution is 7.89. The molecule has 1 heterocycles. The van der Waals surface area contributed by atoms with Crippen molar-refractivity contribution in [2.75, 3.05) is 26.3 Å². The second-order valence-corrected chi connectivity index (χ2v) is 11.2. The van der Waals surface area contributed by atoms with Crippen LogP contribution in [0.25, 0.3) is 0 Å². The van der Waals surface area contributed by atoms with E-state index in [0.717, 1.165) is 11.1 Å². The van der Waals surface area contributed by atoms with Gasteiger partial charge < -0.3 is 10.1 Å². The van der Waals surface area contributed by atoms with Gasteiger partial charge in [0.05, 0.1) is 24.2 Å². The minimum atomic E-state index is -3.50. The van der Waals surface area contributed by atoms with Crippen LogP contribution in [0.4, 0.5) is 0 Å². The largest absolute Gasteiger partial charge is 0.379 e. The Labute approximate surface area is 198 Å². The van der Waals surface area contributed by atoms with Crippen LogP contribution in [0.3, 0.4) is 0 Å². The lowest BCUT2D eigenvalue weighted by atomic mass is 9.93. The van der Waals surface area contributed by atoms with Crippen molar-refractivity contribution in [1.29, 1.82) is 0 Å². The molecule has 1 fully saturated rings. The molecule has 180 valence electrons. The van der Waals surface area contributed by atoms with E-state index in [1.165, 1.54) is 9.87 Å². The minimum absolute atomic E-state index is 0.00773. The molecule has 33 heavy (non-hydrogen) atoms. The van der Waals surface area contributed by atoms with Gasteiger partial charge in [0.2, 0.25) is 15.9 Å². The highest BCUT2D eigenvalue weighted by Crippen LogP contribution is 2.24. The highest BCUT2D eigenvalue weighted by Gasteiger charge is 2.26. The first-order chi connectivity index (χ1) is 15.7. The molecule has 3 rings (SSSR count). The van der Waals surface area contributed by atoms with Crippen molar-refractivity contribution in [3.63, 3.8) is 0 Å². The van der Waals surface area contributed by atoms with Crippen LogP contribution in [0.1, 0.15) is 62.8 Å². The molecular weight excluding hydrogens is 436 g/mol. The van der Waals surface area contributed by atoms with Crippen molar-refractivity contribution in [2.24, 2.45) is 5.92 Å². The Morgan fingerprint density at radius 2 is 1.52 bits per heavy atom. The molecular formula is C26H36N2O4S. The topological polar surface area (TPSA) is 75.7 Å². The zero-order valence-corrected chi connectivity index (χ0v) is 20.9. The van der Waals surface area contributed by atoms with Gasteiger partial charge in [-0.05, 0) is 47.1 Å². The van der Waals surface area contributed by atoms with Gasteiger partial charge in [-0.1, -0.05) is 64.1 Å². The van der Waals surface area contributed by atoms with E-state index in [4.69, 9.17) is 4.74 Å². The molecule has 1 aliphatic rings. The van der Waals surface area contributed by atoms with Crippen LogP contribution in [0.2, 0.25) is 0 Å². The second kappa shape index (κ2) is 11.3. The first kappa shape index (κ1) is 25.4. The van der Waals surface area contributed by atoms with Gasteiger partial charge >= 0.3 is 0 Å². The lowest BCUT2D eigenvalue weighted by molar-refractivity contribution is -0.122. The van der Waals surface area contributed by atoms with E-state index in [1.54, 1.807) is 24.3 Å². The van der Waals surface area contributed by atoms with Crippen molar-refractivity contribution in [2.45, 2.75) is 57.4 Å². The predicted octanol–water partition coefficient (Wildman–Crippen LogP) is 4.28. The van der Waals surface area contributed by atoms with Gasteiger partial charge in [0.1, 0.15) is 0 Å². The van der Waals surface area contributed by atoms with Crippen LogP contribution in [0.15, 0.2) is 53.4 Å². The van der Waals surface area contributed by atoms with Crippen LogP contribution in [0, 0.1) is 5.92 Å². The zero-order chi connectivity index (χ0) is 24.0. The molecule has 0 aromatic heterocycles. The molecule has 0 spiro atoms. The lowest BCUT2D eigenvalue weighted by Crippen LogP contribution is -2.40. The normalized spacial score (nSPS) is 16.2. The first-order valence-corrected chi connectivity index (χ1v) is 13.2. The van der Waals surface area contributed by atoms with Gasteiger partial charge in [0.15, 0.2) is 0 Å². The molecule has 0 saturated carbocycles. The summed E-state index contributed by atoms with van der Waals surface area (Å²) in [6, 6.07) is 15.3. The summed E-state index contributed by atoms with van der Waals surface area (Å²) in [6.07, 6.45) is 0.906. The molecule has 0 aliphatic carbocycles. The fourth-order valence-electron chi connectivity index (χ4n) is 3.99. The summed E-state index contributed by atoms with van der Waals surface area (Å²) < 4.78 is 32.2. The number of benzene rings is 2. The smallest absolute Gasteiger partial charge is 0.243 e. The number of morpholine rings is 1. The Morgan fingerprint density at radius 1 is 0.939 bits per heavy atom. The van der Waals surface area contributed by atoms with E-state index in [-0.39, 0.29) is 22.8 Å². The number of ether oxygens (including phenoxy) is 1. The van der Waals surface area contributed by atoms with Crippen molar-refractivity contribution in [3.05, 3.63) is 65.2 Å². The Hall–Kier alpha value is -2.22. The summed E-state index contributed by atoms with van der Waals surface area (Å²) in [6.45, 7) is 10.1. The lowest BCUT2D eigenvalue weighted by Gasteiger charge is -2.26. The maximum Gasteiger partial charge on any atom is 0.243 e. The van der Waals surface area contributed by atoms with Crippen molar-refractivity contribution in [3.8, 4) is 0 Å². The molecule has 0 radical (unpaired) electrons. The average molecular weight is 473 g/mol. The molecule has 2 aromatic carbocycles. The molecule has 1 unspecified atom stereocenters. The summed E-state index contributed by atoms with van der Waals surface area (Å²) in [5.41, 5.74) is 3.33. The SMILES string of the molecule is CC(C)c1ccc(C(NC(=O)CCc2ccc(S(=O)(=O)N3CCOCC3)cc2)C(C)C)cc1. The summed E-state index contributed by atoms with van der Waals surface area (Å²) in [4.78, 5) is 13.0. The summed E-state index contributed by atoms with van der Waals surface area (Å²) >= 11 is 0. The fourth-order valence-corrected chi connectivity index (χ4v) is 5.40. The van der Waals surface area contributed by atoms with Gasteiger partial charge in [0, 0.05) is 19.5 Å². The maximum absolute atomic E-state index is 12.7. The molecule has 1 amide bonds. The molecule has 1 atom stereocenters. The molecule has 1 aliphatic heterocycles. The quantitative estimate of drug-likeness (QED) is 0.591. The van der Waals surface area contributed by atoms with Gasteiger partial charge in [0.25, 0.3) is 0 Å². The summed E-state index contributed by atoms with van der Waals surface area (Å²) in [5.74, 6) is 0.733.